The number of aryl methyl sites for hydroxylation is 1. The number of para-hydroxylation sites is 1. The molecule has 0 radical (unpaired) electrons. The van der Waals surface area contributed by atoms with Gasteiger partial charge in [0.2, 0.25) is 0 Å². The molecule has 2 aromatic rings. The number of fused-ring (bicyclic) bond motifs is 2. The van der Waals surface area contributed by atoms with Crippen LogP contribution in [0, 0.1) is 0 Å². The molecule has 22 heavy (non-hydrogen) atoms. The van der Waals surface area contributed by atoms with Crippen molar-refractivity contribution in [2.45, 2.75) is 31.5 Å². The molecular formula is C18H20N4. The molecule has 1 aromatic carbocycles. The largest absolute Gasteiger partial charge is 0.346 e. The second-order valence-corrected chi connectivity index (χ2v) is 5.95. The lowest BCUT2D eigenvalue weighted by atomic mass is 10.0. The highest BCUT2D eigenvalue weighted by Gasteiger charge is 2.35. The molecule has 0 N–H and O–H groups in total. The first-order valence-corrected chi connectivity index (χ1v) is 7.88. The van der Waals surface area contributed by atoms with Crippen LogP contribution >= 0.6 is 0 Å². The first-order chi connectivity index (χ1) is 10.8. The van der Waals surface area contributed by atoms with Crippen LogP contribution in [0.15, 0.2) is 65.0 Å². The van der Waals surface area contributed by atoms with Crippen LogP contribution in [0.3, 0.4) is 0 Å². The predicted octanol–water partition coefficient (Wildman–Crippen LogP) is 4.18. The van der Waals surface area contributed by atoms with E-state index in [-0.39, 0.29) is 18.1 Å². The fourth-order valence-electron chi connectivity index (χ4n) is 3.55. The summed E-state index contributed by atoms with van der Waals surface area (Å²) in [7, 11) is 2.14. The van der Waals surface area contributed by atoms with Gasteiger partial charge in [-0.1, -0.05) is 54.7 Å². The van der Waals surface area contributed by atoms with E-state index in [9.17, 15) is 0 Å². The van der Waals surface area contributed by atoms with Crippen LogP contribution in [0.2, 0.25) is 0 Å². The number of nitrogens with zero attached hydrogens (tertiary/aromatic N) is 4. The lowest BCUT2D eigenvalue weighted by molar-refractivity contribution is 0.173. The van der Waals surface area contributed by atoms with Gasteiger partial charge in [-0.05, 0) is 23.9 Å². The highest BCUT2D eigenvalue weighted by molar-refractivity contribution is 5.81. The van der Waals surface area contributed by atoms with Gasteiger partial charge in [-0.3, -0.25) is 5.01 Å². The summed E-state index contributed by atoms with van der Waals surface area (Å²) in [6, 6.07) is 11.5. The van der Waals surface area contributed by atoms with Gasteiger partial charge in [0.25, 0.3) is 0 Å². The van der Waals surface area contributed by atoms with Gasteiger partial charge < -0.3 is 4.57 Å². The van der Waals surface area contributed by atoms with E-state index in [0.29, 0.717) is 0 Å². The molecule has 112 valence electrons. The zero-order valence-electron chi connectivity index (χ0n) is 12.9. The molecule has 1 aliphatic heterocycles. The molecule has 0 spiro atoms. The second kappa shape index (κ2) is 5.13. The maximum absolute atomic E-state index is 4.48. The minimum absolute atomic E-state index is 0.161. The van der Waals surface area contributed by atoms with Gasteiger partial charge in [0.1, 0.15) is 6.04 Å². The smallest absolute Gasteiger partial charge is 0.117 e. The Kier molecular flexibility index (Phi) is 3.10. The maximum atomic E-state index is 4.48. The first-order valence-electron chi connectivity index (χ1n) is 7.88. The van der Waals surface area contributed by atoms with Crippen LogP contribution < -0.4 is 0 Å². The van der Waals surface area contributed by atoms with E-state index in [0.717, 1.165) is 6.42 Å². The number of hydrogen-bond donors (Lipinski definition) is 0. The lowest BCUT2D eigenvalue weighted by Gasteiger charge is -2.31. The Labute approximate surface area is 130 Å². The minimum atomic E-state index is 0.161. The van der Waals surface area contributed by atoms with Crippen molar-refractivity contribution in [3.8, 4) is 0 Å². The molecule has 3 unspecified atom stereocenters. The summed E-state index contributed by atoms with van der Waals surface area (Å²) >= 11 is 0. The van der Waals surface area contributed by atoms with Crippen molar-refractivity contribution in [1.82, 2.24) is 9.58 Å². The molecule has 1 aromatic heterocycles. The third-order valence-electron chi connectivity index (χ3n) is 4.71. The summed E-state index contributed by atoms with van der Waals surface area (Å²) < 4.78 is 2.29. The molecule has 0 bridgehead atoms. The second-order valence-electron chi connectivity index (χ2n) is 5.95. The van der Waals surface area contributed by atoms with E-state index in [2.05, 4.69) is 88.5 Å². The van der Waals surface area contributed by atoms with Crippen LogP contribution in [0.5, 0.6) is 0 Å². The van der Waals surface area contributed by atoms with E-state index < -0.39 is 0 Å². The SMILES string of the molecule is CCC(c1cc2ccccc2n1C)N1N=NC2C=CC=CC21. The van der Waals surface area contributed by atoms with E-state index in [1.807, 2.05) is 0 Å². The average Bonchev–Trinajstić information content (AvgIpc) is 3.12. The van der Waals surface area contributed by atoms with Gasteiger partial charge in [-0.25, -0.2) is 0 Å². The summed E-state index contributed by atoms with van der Waals surface area (Å²) in [5.41, 5.74) is 2.56. The number of benzene rings is 1. The van der Waals surface area contributed by atoms with Crippen molar-refractivity contribution >= 4 is 10.9 Å². The van der Waals surface area contributed by atoms with Crippen LogP contribution in [-0.2, 0) is 7.05 Å². The monoisotopic (exact) mass is 292 g/mol. The van der Waals surface area contributed by atoms with Crippen LogP contribution in [-0.4, -0.2) is 21.7 Å². The summed E-state index contributed by atoms with van der Waals surface area (Å²) in [5, 5.41) is 12.4. The Hall–Kier alpha value is -2.36. The summed E-state index contributed by atoms with van der Waals surface area (Å²) in [6.07, 6.45) is 9.49. The zero-order chi connectivity index (χ0) is 15.1. The molecule has 2 heterocycles. The molecule has 0 fully saturated rings. The molecule has 1 aliphatic carbocycles. The molecule has 2 aliphatic rings. The highest BCUT2D eigenvalue weighted by Crippen LogP contribution is 2.36. The fraction of sp³-hybridized carbons (Fsp3) is 0.333. The van der Waals surface area contributed by atoms with Gasteiger partial charge in [-0.15, -0.1) is 0 Å². The van der Waals surface area contributed by atoms with Crippen LogP contribution in [0.1, 0.15) is 25.1 Å². The Morgan fingerprint density at radius 1 is 1.18 bits per heavy atom. The van der Waals surface area contributed by atoms with E-state index >= 15 is 0 Å². The van der Waals surface area contributed by atoms with Crippen molar-refractivity contribution < 1.29 is 0 Å². The zero-order valence-corrected chi connectivity index (χ0v) is 12.9. The molecule has 0 saturated heterocycles. The standard InChI is InChI=1S/C18H20N4/c1-3-15(22-17-11-7-5-9-14(17)19-20-22)18-12-13-8-4-6-10-16(13)21(18)2/h4-12,14-15,17H,3H2,1-2H3. The third kappa shape index (κ3) is 1.90. The third-order valence-corrected chi connectivity index (χ3v) is 4.71. The molecule has 3 atom stereocenters. The predicted molar refractivity (Wildman–Crippen MR) is 88.5 cm³/mol. The van der Waals surface area contributed by atoms with Crippen molar-refractivity contribution in [3.05, 3.63) is 60.3 Å². The molecule has 0 saturated carbocycles. The van der Waals surface area contributed by atoms with Crippen LogP contribution in [0.25, 0.3) is 10.9 Å². The van der Waals surface area contributed by atoms with Gasteiger partial charge in [0.15, 0.2) is 0 Å². The quantitative estimate of drug-likeness (QED) is 0.835. The number of aromatic nitrogens is 1. The topological polar surface area (TPSA) is 32.9 Å². The van der Waals surface area contributed by atoms with Gasteiger partial charge in [0.05, 0.1) is 12.1 Å². The number of allylic oxidation sites excluding steroid dienone is 2. The maximum Gasteiger partial charge on any atom is 0.117 e. The van der Waals surface area contributed by atoms with Gasteiger partial charge in [-0.2, -0.15) is 5.11 Å². The van der Waals surface area contributed by atoms with E-state index in [4.69, 9.17) is 0 Å². The highest BCUT2D eigenvalue weighted by atomic mass is 15.6. The first kappa shape index (κ1) is 13.3. The Balaban J connectivity index is 1.75. The fourth-order valence-corrected chi connectivity index (χ4v) is 3.55. The summed E-state index contributed by atoms with van der Waals surface area (Å²) in [5.74, 6) is 0. The average molecular weight is 292 g/mol. The van der Waals surface area contributed by atoms with Gasteiger partial charge in [0, 0.05) is 18.3 Å². The Bertz CT molecular complexity index is 783. The molecule has 4 rings (SSSR count). The van der Waals surface area contributed by atoms with E-state index in [1.165, 1.54) is 16.6 Å². The van der Waals surface area contributed by atoms with E-state index in [1.54, 1.807) is 0 Å². The molecular weight excluding hydrogens is 272 g/mol. The summed E-state index contributed by atoms with van der Waals surface area (Å²) in [6.45, 7) is 2.22. The van der Waals surface area contributed by atoms with Crippen molar-refractivity contribution in [2.24, 2.45) is 17.4 Å². The lowest BCUT2D eigenvalue weighted by Crippen LogP contribution is -2.36. The molecule has 0 amide bonds. The summed E-state index contributed by atoms with van der Waals surface area (Å²) in [4.78, 5) is 0. The normalized spacial score (nSPS) is 24.2. The molecule has 4 nitrogen and oxygen atoms in total. The van der Waals surface area contributed by atoms with Crippen molar-refractivity contribution in [2.75, 3.05) is 0 Å². The van der Waals surface area contributed by atoms with Crippen molar-refractivity contribution in [3.63, 3.8) is 0 Å². The number of hydrogen-bond acceptors (Lipinski definition) is 3. The minimum Gasteiger partial charge on any atom is -0.346 e. The Morgan fingerprint density at radius 2 is 2.00 bits per heavy atom. The molecule has 4 heteroatoms. The number of rotatable bonds is 3. The van der Waals surface area contributed by atoms with Crippen molar-refractivity contribution in [1.29, 1.82) is 0 Å². The Morgan fingerprint density at radius 3 is 2.82 bits per heavy atom. The van der Waals surface area contributed by atoms with Gasteiger partial charge >= 0.3 is 0 Å². The van der Waals surface area contributed by atoms with Crippen LogP contribution in [0.4, 0.5) is 0 Å².